The van der Waals surface area contributed by atoms with E-state index in [4.69, 9.17) is 24.4 Å². The SMILES string of the molecule is O=C(O)Cc1cccc2c(=O)c(=O)c(=O)c12.O=P(O)(O)O. The number of carboxylic acid groups (broad SMARTS) is 1. The van der Waals surface area contributed by atoms with E-state index in [0.29, 0.717) is 0 Å². The monoisotopic (exact) mass is 316 g/mol. The van der Waals surface area contributed by atoms with Crippen molar-refractivity contribution >= 4 is 24.6 Å². The van der Waals surface area contributed by atoms with Crippen molar-refractivity contribution in [2.75, 3.05) is 0 Å². The average Bonchev–Trinajstić information content (AvgIpc) is 2.53. The van der Waals surface area contributed by atoms with E-state index >= 15 is 0 Å². The standard InChI is InChI=1S/C11H6O5.H3O4P/c12-7(13)4-5-2-1-3-6-8(5)10(15)11(16)9(6)14;1-5(2,3)4/h1-3H,4H2,(H,12,13);(H3,1,2,3,4). The van der Waals surface area contributed by atoms with Gasteiger partial charge in [-0.15, -0.1) is 0 Å². The first-order valence-electron chi connectivity index (χ1n) is 5.27. The number of carboxylic acids is 1. The maximum atomic E-state index is 11.4. The van der Waals surface area contributed by atoms with Gasteiger partial charge in [-0.3, -0.25) is 19.2 Å². The molecule has 0 aliphatic carbocycles. The van der Waals surface area contributed by atoms with E-state index < -0.39 is 30.1 Å². The van der Waals surface area contributed by atoms with Crippen LogP contribution in [0.4, 0.5) is 0 Å². The Balaban J connectivity index is 0.000000383. The van der Waals surface area contributed by atoms with Crippen molar-refractivity contribution in [1.82, 2.24) is 0 Å². The lowest BCUT2D eigenvalue weighted by molar-refractivity contribution is -0.136. The van der Waals surface area contributed by atoms with Gasteiger partial charge < -0.3 is 19.8 Å². The van der Waals surface area contributed by atoms with Crippen LogP contribution in [0.1, 0.15) is 5.56 Å². The summed E-state index contributed by atoms with van der Waals surface area (Å²) in [6.45, 7) is 0. The lowest BCUT2D eigenvalue weighted by atomic mass is 10.1. The minimum absolute atomic E-state index is 0.00810. The van der Waals surface area contributed by atoms with Crippen LogP contribution in [0, 0.1) is 0 Å². The first-order chi connectivity index (χ1) is 9.52. The van der Waals surface area contributed by atoms with Gasteiger partial charge in [0.05, 0.1) is 6.42 Å². The number of hydrogen-bond acceptors (Lipinski definition) is 5. The zero-order chi connectivity index (χ0) is 16.4. The summed E-state index contributed by atoms with van der Waals surface area (Å²) in [5.74, 6) is -1.12. The van der Waals surface area contributed by atoms with Gasteiger partial charge in [0.2, 0.25) is 10.9 Å². The molecule has 0 saturated carbocycles. The Bertz CT molecular complexity index is 861. The Morgan fingerprint density at radius 1 is 1.00 bits per heavy atom. The minimum atomic E-state index is -4.64. The first-order valence-corrected chi connectivity index (χ1v) is 6.84. The molecule has 0 radical (unpaired) electrons. The largest absolute Gasteiger partial charge is 0.481 e. The van der Waals surface area contributed by atoms with Crippen molar-refractivity contribution in [3.05, 3.63) is 54.4 Å². The van der Waals surface area contributed by atoms with Crippen LogP contribution in [0.3, 0.4) is 0 Å². The maximum Gasteiger partial charge on any atom is 0.466 e. The zero-order valence-corrected chi connectivity index (χ0v) is 11.1. The third kappa shape index (κ3) is 4.40. The molecule has 2 rings (SSSR count). The van der Waals surface area contributed by atoms with Gasteiger partial charge in [0.15, 0.2) is 0 Å². The van der Waals surface area contributed by atoms with E-state index in [1.807, 2.05) is 0 Å². The molecule has 0 heterocycles. The van der Waals surface area contributed by atoms with Crippen LogP contribution in [0.2, 0.25) is 0 Å². The van der Waals surface area contributed by atoms with Crippen molar-refractivity contribution < 1.29 is 29.1 Å². The summed E-state index contributed by atoms with van der Waals surface area (Å²) >= 11 is 0. The Morgan fingerprint density at radius 2 is 1.52 bits per heavy atom. The van der Waals surface area contributed by atoms with Gasteiger partial charge in [-0.1, -0.05) is 18.2 Å². The molecule has 0 unspecified atom stereocenters. The Labute approximate surface area is 115 Å². The van der Waals surface area contributed by atoms with E-state index in [-0.39, 0.29) is 22.8 Å². The highest BCUT2D eigenvalue weighted by Gasteiger charge is 2.16. The van der Waals surface area contributed by atoms with Crippen LogP contribution in [0.5, 0.6) is 0 Å². The maximum absolute atomic E-state index is 11.4. The number of carbonyl (C=O) groups is 1. The fourth-order valence-electron chi connectivity index (χ4n) is 1.71. The number of aliphatic carboxylic acids is 1. The van der Waals surface area contributed by atoms with Gasteiger partial charge >= 0.3 is 13.8 Å². The molecule has 0 saturated heterocycles. The van der Waals surface area contributed by atoms with Crippen LogP contribution in [-0.4, -0.2) is 25.8 Å². The third-order valence-electron chi connectivity index (χ3n) is 2.38. The van der Waals surface area contributed by atoms with Crippen LogP contribution in [0.15, 0.2) is 32.6 Å². The number of phosphoric acid groups is 1. The minimum Gasteiger partial charge on any atom is -0.481 e. The summed E-state index contributed by atoms with van der Waals surface area (Å²) in [6.07, 6.45) is -0.379. The normalized spacial score (nSPS) is 11.0. The lowest BCUT2D eigenvalue weighted by Gasteiger charge is -1.97. The molecule has 4 N–H and O–H groups in total. The van der Waals surface area contributed by atoms with Crippen LogP contribution < -0.4 is 16.3 Å². The summed E-state index contributed by atoms with van der Waals surface area (Å²) in [7, 11) is -4.64. The lowest BCUT2D eigenvalue weighted by Crippen LogP contribution is -2.29. The van der Waals surface area contributed by atoms with Gasteiger partial charge in [0.1, 0.15) is 0 Å². The first kappa shape index (κ1) is 16.9. The fraction of sp³-hybridized carbons (Fsp3) is 0.0909. The Hall–Kier alpha value is -2.19. The molecule has 0 aromatic heterocycles. The molecule has 0 fully saturated rings. The summed E-state index contributed by atoms with van der Waals surface area (Å²) in [6, 6.07) is 4.24. The molecule has 0 bridgehead atoms. The number of rotatable bonds is 2. The summed E-state index contributed by atoms with van der Waals surface area (Å²) < 4.78 is 8.88. The Kier molecular flexibility index (Phi) is 4.87. The summed E-state index contributed by atoms with van der Waals surface area (Å²) in [4.78, 5) is 66.0. The molecule has 0 amide bonds. The van der Waals surface area contributed by atoms with Gasteiger partial charge in [-0.05, 0) is 5.56 Å². The number of fused-ring (bicyclic) bond motifs is 1. The zero-order valence-electron chi connectivity index (χ0n) is 10.2. The molecular formula is C11H9O9P. The average molecular weight is 316 g/mol. The molecule has 112 valence electrons. The van der Waals surface area contributed by atoms with Gasteiger partial charge in [0.25, 0.3) is 5.43 Å². The second-order valence-corrected chi connectivity index (χ2v) is 4.94. The molecule has 2 aromatic carbocycles. The molecule has 21 heavy (non-hydrogen) atoms. The molecule has 10 heteroatoms. The van der Waals surface area contributed by atoms with E-state index in [1.165, 1.54) is 18.2 Å². The topological polar surface area (TPSA) is 166 Å². The van der Waals surface area contributed by atoms with E-state index in [1.54, 1.807) is 0 Å². The number of hydrogen-bond donors (Lipinski definition) is 4. The fourth-order valence-corrected chi connectivity index (χ4v) is 1.71. The highest BCUT2D eigenvalue weighted by atomic mass is 31.2. The molecule has 9 nitrogen and oxygen atoms in total. The van der Waals surface area contributed by atoms with Crippen molar-refractivity contribution in [3.63, 3.8) is 0 Å². The van der Waals surface area contributed by atoms with Crippen molar-refractivity contribution in [2.24, 2.45) is 0 Å². The van der Waals surface area contributed by atoms with Crippen LogP contribution in [0.25, 0.3) is 10.8 Å². The molecule has 0 aliphatic rings. The Morgan fingerprint density at radius 3 is 2.00 bits per heavy atom. The predicted molar refractivity (Wildman–Crippen MR) is 70.7 cm³/mol. The highest BCUT2D eigenvalue weighted by molar-refractivity contribution is 7.45. The molecule has 2 aromatic rings. The summed E-state index contributed by atoms with van der Waals surface area (Å²) in [5, 5.41) is 8.59. The van der Waals surface area contributed by atoms with E-state index in [0.717, 1.165) is 0 Å². The van der Waals surface area contributed by atoms with Crippen molar-refractivity contribution in [3.8, 4) is 0 Å². The van der Waals surface area contributed by atoms with Crippen molar-refractivity contribution in [2.45, 2.75) is 6.42 Å². The number of benzene rings is 1. The van der Waals surface area contributed by atoms with Crippen LogP contribution >= 0.6 is 7.82 Å². The second kappa shape index (κ2) is 6.06. The predicted octanol–water partition coefficient (Wildman–Crippen LogP) is -1.51. The van der Waals surface area contributed by atoms with Crippen molar-refractivity contribution in [1.29, 1.82) is 0 Å². The van der Waals surface area contributed by atoms with Gasteiger partial charge in [-0.25, -0.2) is 4.57 Å². The summed E-state index contributed by atoms with van der Waals surface area (Å²) in [5.41, 5.74) is -2.65. The van der Waals surface area contributed by atoms with Gasteiger partial charge in [0, 0.05) is 10.8 Å². The quantitative estimate of drug-likeness (QED) is 0.380. The highest BCUT2D eigenvalue weighted by Crippen LogP contribution is 2.25. The smallest absolute Gasteiger partial charge is 0.466 e. The molecule has 0 atom stereocenters. The van der Waals surface area contributed by atoms with Crippen LogP contribution in [-0.2, 0) is 15.8 Å². The van der Waals surface area contributed by atoms with E-state index in [2.05, 4.69) is 0 Å². The molecule has 0 spiro atoms. The molecule has 0 aliphatic heterocycles. The third-order valence-corrected chi connectivity index (χ3v) is 2.38. The second-order valence-electron chi connectivity index (χ2n) is 3.91. The van der Waals surface area contributed by atoms with Gasteiger partial charge in [-0.2, -0.15) is 0 Å². The van der Waals surface area contributed by atoms with E-state index in [9.17, 15) is 19.2 Å². The molecular weight excluding hydrogens is 307 g/mol.